The molecule has 3 saturated heterocycles. The molecule has 5 nitrogen and oxygen atoms in total. The van der Waals surface area contributed by atoms with Gasteiger partial charge in [0, 0.05) is 49.6 Å². The van der Waals surface area contributed by atoms with Crippen molar-refractivity contribution in [3.05, 3.63) is 22.4 Å². The Morgan fingerprint density at radius 2 is 2.25 bits per heavy atom. The molecule has 0 saturated carbocycles. The third-order valence-electron chi connectivity index (χ3n) is 5.66. The summed E-state index contributed by atoms with van der Waals surface area (Å²) >= 11 is 1.57. The highest BCUT2D eigenvalue weighted by atomic mass is 32.1. The highest BCUT2D eigenvalue weighted by Crippen LogP contribution is 2.42. The Kier molecular flexibility index (Phi) is 4.90. The van der Waals surface area contributed by atoms with Crippen LogP contribution in [-0.2, 0) is 14.2 Å². The van der Waals surface area contributed by atoms with Crippen LogP contribution in [-0.4, -0.2) is 63.5 Å². The lowest BCUT2D eigenvalue weighted by Gasteiger charge is -2.29. The first-order chi connectivity index (χ1) is 11.8. The van der Waals surface area contributed by atoms with Gasteiger partial charge in [-0.25, -0.2) is 0 Å². The van der Waals surface area contributed by atoms with Gasteiger partial charge in [-0.3, -0.25) is 4.79 Å². The van der Waals surface area contributed by atoms with Crippen molar-refractivity contribution in [2.24, 2.45) is 17.3 Å². The molecule has 0 aromatic carbocycles. The summed E-state index contributed by atoms with van der Waals surface area (Å²) in [4.78, 5) is 14.6. The monoisotopic (exact) mass is 351 g/mol. The number of ether oxygens (including phenoxy) is 3. The normalized spacial score (nSPS) is 30.7. The van der Waals surface area contributed by atoms with E-state index in [1.807, 2.05) is 21.7 Å². The van der Waals surface area contributed by atoms with Crippen molar-refractivity contribution in [1.29, 1.82) is 0 Å². The van der Waals surface area contributed by atoms with E-state index in [0.717, 1.165) is 57.9 Å². The number of hydrogen-bond acceptors (Lipinski definition) is 5. The summed E-state index contributed by atoms with van der Waals surface area (Å²) in [5.41, 5.74) is 0.788. The largest absolute Gasteiger partial charge is 0.381 e. The van der Waals surface area contributed by atoms with Crippen LogP contribution in [0, 0.1) is 17.3 Å². The molecule has 6 heteroatoms. The van der Waals surface area contributed by atoms with Crippen LogP contribution in [0.4, 0.5) is 0 Å². The lowest BCUT2D eigenvalue weighted by Crippen LogP contribution is -2.38. The molecule has 0 N–H and O–H groups in total. The van der Waals surface area contributed by atoms with E-state index in [1.54, 1.807) is 11.3 Å². The summed E-state index contributed by atoms with van der Waals surface area (Å²) in [6, 6.07) is 1.91. The molecule has 3 fully saturated rings. The smallest absolute Gasteiger partial charge is 0.254 e. The number of rotatable bonds is 5. The van der Waals surface area contributed by atoms with E-state index in [4.69, 9.17) is 14.2 Å². The maximum absolute atomic E-state index is 12.6. The molecular formula is C18H25NO4S. The van der Waals surface area contributed by atoms with E-state index in [2.05, 4.69) is 0 Å². The van der Waals surface area contributed by atoms with E-state index in [9.17, 15) is 4.79 Å². The summed E-state index contributed by atoms with van der Waals surface area (Å²) in [5, 5.41) is 3.89. The number of likely N-dealkylation sites (tertiary alicyclic amines) is 1. The number of carbonyl (C=O) groups excluding carboxylic acids is 1. The van der Waals surface area contributed by atoms with Crippen molar-refractivity contribution in [3.8, 4) is 0 Å². The van der Waals surface area contributed by atoms with Crippen molar-refractivity contribution < 1.29 is 19.0 Å². The Morgan fingerprint density at radius 3 is 3.04 bits per heavy atom. The van der Waals surface area contributed by atoms with Crippen LogP contribution in [0.25, 0.3) is 0 Å². The maximum atomic E-state index is 12.6. The van der Waals surface area contributed by atoms with E-state index in [-0.39, 0.29) is 11.3 Å². The second kappa shape index (κ2) is 7.12. The number of hydrogen-bond donors (Lipinski definition) is 0. The molecule has 3 aliphatic heterocycles. The molecule has 4 heterocycles. The van der Waals surface area contributed by atoms with E-state index >= 15 is 0 Å². The molecule has 2 atom stereocenters. The van der Waals surface area contributed by atoms with Gasteiger partial charge in [-0.15, -0.1) is 0 Å². The Morgan fingerprint density at radius 1 is 1.38 bits per heavy atom. The first-order valence-corrected chi connectivity index (χ1v) is 9.76. The van der Waals surface area contributed by atoms with E-state index in [0.29, 0.717) is 25.0 Å². The van der Waals surface area contributed by atoms with Gasteiger partial charge in [0.2, 0.25) is 0 Å². The first kappa shape index (κ1) is 16.5. The molecule has 1 aromatic heterocycles. The summed E-state index contributed by atoms with van der Waals surface area (Å²) in [6.45, 7) is 6.20. The zero-order chi connectivity index (χ0) is 16.4. The average Bonchev–Trinajstić information content (AvgIpc) is 3.31. The molecule has 1 aromatic rings. The number of amides is 1. The van der Waals surface area contributed by atoms with Gasteiger partial charge in [0.1, 0.15) is 0 Å². The predicted molar refractivity (Wildman–Crippen MR) is 91.3 cm³/mol. The Bertz CT molecular complexity index is 557. The van der Waals surface area contributed by atoms with Crippen LogP contribution < -0.4 is 0 Å². The van der Waals surface area contributed by atoms with Gasteiger partial charge in [-0.05, 0) is 30.2 Å². The molecule has 0 bridgehead atoms. The van der Waals surface area contributed by atoms with Gasteiger partial charge in [0.25, 0.3) is 5.91 Å². The van der Waals surface area contributed by atoms with Gasteiger partial charge in [0.15, 0.2) is 0 Å². The minimum atomic E-state index is -0.0170. The van der Waals surface area contributed by atoms with Crippen LogP contribution >= 0.6 is 11.3 Å². The van der Waals surface area contributed by atoms with Gasteiger partial charge in [-0.2, -0.15) is 11.3 Å². The van der Waals surface area contributed by atoms with Crippen LogP contribution in [0.3, 0.4) is 0 Å². The molecule has 0 spiro atoms. The van der Waals surface area contributed by atoms with Crippen molar-refractivity contribution in [2.45, 2.75) is 12.8 Å². The third kappa shape index (κ3) is 3.25. The summed E-state index contributed by atoms with van der Waals surface area (Å²) < 4.78 is 17.3. The second-order valence-corrected chi connectivity index (χ2v) is 8.12. The minimum Gasteiger partial charge on any atom is -0.381 e. The SMILES string of the molecule is O=C(c1ccsc1)N1C[C@H]2COC[C@@]2(COCC2CCOCC2)C1. The molecule has 0 aliphatic carbocycles. The summed E-state index contributed by atoms with van der Waals surface area (Å²) in [5.74, 6) is 1.16. The average molecular weight is 351 g/mol. The Hall–Kier alpha value is -0.950. The van der Waals surface area contributed by atoms with E-state index < -0.39 is 0 Å². The van der Waals surface area contributed by atoms with E-state index in [1.165, 1.54) is 0 Å². The zero-order valence-corrected chi connectivity index (χ0v) is 14.8. The highest BCUT2D eigenvalue weighted by Gasteiger charge is 2.52. The van der Waals surface area contributed by atoms with Gasteiger partial charge >= 0.3 is 0 Å². The van der Waals surface area contributed by atoms with Crippen molar-refractivity contribution in [3.63, 3.8) is 0 Å². The molecule has 1 amide bonds. The zero-order valence-electron chi connectivity index (χ0n) is 13.9. The maximum Gasteiger partial charge on any atom is 0.254 e. The minimum absolute atomic E-state index is 0.0170. The van der Waals surface area contributed by atoms with Crippen molar-refractivity contribution >= 4 is 17.2 Å². The molecule has 0 radical (unpaired) electrons. The van der Waals surface area contributed by atoms with Crippen LogP contribution in [0.15, 0.2) is 16.8 Å². The van der Waals surface area contributed by atoms with Crippen LogP contribution in [0.1, 0.15) is 23.2 Å². The molecule has 3 aliphatic rings. The number of fused-ring (bicyclic) bond motifs is 1. The standard InChI is InChI=1S/C18H25NO4S/c20-17(15-3-6-24-10-15)19-7-16-9-23-13-18(16,11-19)12-22-8-14-1-4-21-5-2-14/h3,6,10,14,16H,1-2,4-5,7-9,11-13H2/t16-,18-/m0/s1. The van der Waals surface area contributed by atoms with Gasteiger partial charge < -0.3 is 19.1 Å². The highest BCUT2D eigenvalue weighted by molar-refractivity contribution is 7.08. The fraction of sp³-hybridized carbons (Fsp3) is 0.722. The fourth-order valence-corrected chi connectivity index (χ4v) is 4.73. The summed E-state index contributed by atoms with van der Waals surface area (Å²) in [6.07, 6.45) is 2.19. The fourth-order valence-electron chi connectivity index (χ4n) is 4.10. The molecule has 24 heavy (non-hydrogen) atoms. The number of thiophene rings is 1. The molecule has 132 valence electrons. The molecule has 0 unspecified atom stereocenters. The van der Waals surface area contributed by atoms with Gasteiger partial charge in [-0.1, -0.05) is 0 Å². The molecular weight excluding hydrogens is 326 g/mol. The molecule has 4 rings (SSSR count). The number of carbonyl (C=O) groups is 1. The first-order valence-electron chi connectivity index (χ1n) is 8.81. The lowest BCUT2D eigenvalue weighted by atomic mass is 9.82. The summed E-state index contributed by atoms with van der Waals surface area (Å²) in [7, 11) is 0. The number of nitrogens with zero attached hydrogens (tertiary/aromatic N) is 1. The van der Waals surface area contributed by atoms with Crippen molar-refractivity contribution in [1.82, 2.24) is 4.90 Å². The predicted octanol–water partition coefficient (Wildman–Crippen LogP) is 2.28. The van der Waals surface area contributed by atoms with Crippen LogP contribution in [0.5, 0.6) is 0 Å². The van der Waals surface area contributed by atoms with Gasteiger partial charge in [0.05, 0.1) is 25.4 Å². The second-order valence-electron chi connectivity index (χ2n) is 7.34. The van der Waals surface area contributed by atoms with Crippen LogP contribution in [0.2, 0.25) is 0 Å². The Balaban J connectivity index is 1.35. The lowest BCUT2D eigenvalue weighted by molar-refractivity contribution is -0.0150. The third-order valence-corrected chi connectivity index (χ3v) is 6.34. The Labute approximate surface area is 146 Å². The quantitative estimate of drug-likeness (QED) is 0.817. The topological polar surface area (TPSA) is 48.0 Å². The van der Waals surface area contributed by atoms with Crippen molar-refractivity contribution in [2.75, 3.05) is 52.7 Å².